The lowest BCUT2D eigenvalue weighted by atomic mass is 9.93. The highest BCUT2D eigenvalue weighted by atomic mass is 16.3. The first-order chi connectivity index (χ1) is 8.90. The first-order valence-electron chi connectivity index (χ1n) is 6.60. The van der Waals surface area contributed by atoms with Gasteiger partial charge in [-0.25, -0.2) is 0 Å². The van der Waals surface area contributed by atoms with Gasteiger partial charge >= 0.3 is 0 Å². The predicted octanol–water partition coefficient (Wildman–Crippen LogP) is 3.71. The number of pyridine rings is 1. The lowest BCUT2D eigenvalue weighted by Crippen LogP contribution is -2.06. The van der Waals surface area contributed by atoms with Crippen LogP contribution in [-0.4, -0.2) is 10.1 Å². The van der Waals surface area contributed by atoms with Gasteiger partial charge in [0.25, 0.3) is 0 Å². The maximum absolute atomic E-state index is 10.6. The minimum atomic E-state index is -0.604. The summed E-state index contributed by atoms with van der Waals surface area (Å²) in [5.74, 6) is 0. The summed E-state index contributed by atoms with van der Waals surface area (Å²) in [4.78, 5) is 4.43. The maximum atomic E-state index is 10.6. The zero-order valence-electron chi connectivity index (χ0n) is 12.3. The summed E-state index contributed by atoms with van der Waals surface area (Å²) in [6, 6.07) is 8.12. The van der Waals surface area contributed by atoms with Crippen LogP contribution >= 0.6 is 0 Å². The Balaban J connectivity index is 2.49. The fourth-order valence-electron chi connectivity index (χ4n) is 2.43. The van der Waals surface area contributed by atoms with Gasteiger partial charge in [-0.1, -0.05) is 18.2 Å². The molecule has 19 heavy (non-hydrogen) atoms. The molecule has 0 saturated heterocycles. The zero-order valence-corrected chi connectivity index (χ0v) is 12.3. The third kappa shape index (κ3) is 2.69. The van der Waals surface area contributed by atoms with E-state index in [1.54, 1.807) is 0 Å². The molecule has 1 heterocycles. The second-order valence-electron chi connectivity index (χ2n) is 5.32. The SMILES string of the molecule is Cc1ccc(C(O)c2cc(C)c(C)cc2C)c(C)n1. The van der Waals surface area contributed by atoms with E-state index in [-0.39, 0.29) is 0 Å². The van der Waals surface area contributed by atoms with Gasteiger partial charge in [-0.2, -0.15) is 0 Å². The summed E-state index contributed by atoms with van der Waals surface area (Å²) in [5.41, 5.74) is 7.31. The predicted molar refractivity (Wildman–Crippen MR) is 78.4 cm³/mol. The van der Waals surface area contributed by atoms with Crippen molar-refractivity contribution in [1.29, 1.82) is 0 Å². The molecule has 1 atom stereocenters. The van der Waals surface area contributed by atoms with E-state index in [2.05, 4.69) is 31.0 Å². The van der Waals surface area contributed by atoms with Crippen molar-refractivity contribution in [3.8, 4) is 0 Å². The quantitative estimate of drug-likeness (QED) is 0.887. The second kappa shape index (κ2) is 5.14. The number of hydrogen-bond donors (Lipinski definition) is 1. The van der Waals surface area contributed by atoms with Crippen LogP contribution < -0.4 is 0 Å². The summed E-state index contributed by atoms with van der Waals surface area (Å²) >= 11 is 0. The number of rotatable bonds is 2. The van der Waals surface area contributed by atoms with Crippen LogP contribution in [0.15, 0.2) is 24.3 Å². The first kappa shape index (κ1) is 13.8. The summed E-state index contributed by atoms with van der Waals surface area (Å²) in [6.45, 7) is 10.1. The molecule has 0 aliphatic rings. The Labute approximate surface area is 115 Å². The van der Waals surface area contributed by atoms with Gasteiger partial charge in [0.05, 0.1) is 0 Å². The monoisotopic (exact) mass is 255 g/mol. The minimum absolute atomic E-state index is 0.604. The van der Waals surface area contributed by atoms with E-state index in [1.165, 1.54) is 11.1 Å². The average Bonchev–Trinajstić information content (AvgIpc) is 2.33. The highest BCUT2D eigenvalue weighted by Crippen LogP contribution is 2.28. The van der Waals surface area contributed by atoms with Crippen LogP contribution in [0.2, 0.25) is 0 Å². The number of nitrogens with zero attached hydrogens (tertiary/aromatic N) is 1. The molecule has 2 aromatic rings. The van der Waals surface area contributed by atoms with Crippen LogP contribution in [0.1, 0.15) is 45.3 Å². The summed E-state index contributed by atoms with van der Waals surface area (Å²) in [7, 11) is 0. The van der Waals surface area contributed by atoms with E-state index >= 15 is 0 Å². The fourth-order valence-corrected chi connectivity index (χ4v) is 2.43. The Kier molecular flexibility index (Phi) is 3.72. The van der Waals surface area contributed by atoms with E-state index in [9.17, 15) is 5.11 Å². The third-order valence-corrected chi connectivity index (χ3v) is 3.74. The molecule has 2 heteroatoms. The lowest BCUT2D eigenvalue weighted by Gasteiger charge is -2.18. The van der Waals surface area contributed by atoms with Gasteiger partial charge in [-0.3, -0.25) is 4.98 Å². The summed E-state index contributed by atoms with van der Waals surface area (Å²) in [5, 5.41) is 10.6. The van der Waals surface area contributed by atoms with Crippen molar-refractivity contribution in [1.82, 2.24) is 4.98 Å². The molecule has 1 aromatic carbocycles. The van der Waals surface area contributed by atoms with Gasteiger partial charge in [0.1, 0.15) is 6.10 Å². The van der Waals surface area contributed by atoms with Crippen molar-refractivity contribution < 1.29 is 5.11 Å². The lowest BCUT2D eigenvalue weighted by molar-refractivity contribution is 0.218. The van der Waals surface area contributed by atoms with Crippen LogP contribution in [-0.2, 0) is 0 Å². The molecule has 1 aromatic heterocycles. The fraction of sp³-hybridized carbons (Fsp3) is 0.353. The number of aliphatic hydroxyl groups is 1. The van der Waals surface area contributed by atoms with Gasteiger partial charge in [0, 0.05) is 17.0 Å². The van der Waals surface area contributed by atoms with E-state index in [0.29, 0.717) is 0 Å². The summed E-state index contributed by atoms with van der Waals surface area (Å²) in [6.07, 6.45) is -0.604. The van der Waals surface area contributed by atoms with Crippen molar-refractivity contribution in [3.05, 3.63) is 63.5 Å². The van der Waals surface area contributed by atoms with Crippen molar-refractivity contribution >= 4 is 0 Å². The van der Waals surface area contributed by atoms with Crippen molar-refractivity contribution in [2.24, 2.45) is 0 Å². The molecule has 0 aliphatic heterocycles. The highest BCUT2D eigenvalue weighted by molar-refractivity contribution is 5.42. The van der Waals surface area contributed by atoms with Gasteiger partial charge in [-0.05, 0) is 62.9 Å². The zero-order chi connectivity index (χ0) is 14.2. The Morgan fingerprint density at radius 2 is 1.47 bits per heavy atom. The number of benzene rings is 1. The molecule has 1 N–H and O–H groups in total. The number of aliphatic hydroxyl groups excluding tert-OH is 1. The number of hydrogen-bond acceptors (Lipinski definition) is 2. The molecular weight excluding hydrogens is 234 g/mol. The van der Waals surface area contributed by atoms with E-state index in [0.717, 1.165) is 28.1 Å². The molecule has 0 saturated carbocycles. The molecular formula is C17H21NO. The Morgan fingerprint density at radius 1 is 0.842 bits per heavy atom. The molecule has 0 aliphatic carbocycles. The molecule has 2 rings (SSSR count). The molecule has 0 radical (unpaired) electrons. The second-order valence-corrected chi connectivity index (χ2v) is 5.32. The van der Waals surface area contributed by atoms with Crippen LogP contribution in [0.5, 0.6) is 0 Å². The Bertz CT molecular complexity index is 617. The van der Waals surface area contributed by atoms with Gasteiger partial charge in [0.15, 0.2) is 0 Å². The molecule has 0 spiro atoms. The first-order valence-corrected chi connectivity index (χ1v) is 6.60. The normalized spacial score (nSPS) is 12.5. The number of aromatic nitrogens is 1. The van der Waals surface area contributed by atoms with Crippen LogP contribution in [0.25, 0.3) is 0 Å². The molecule has 0 fully saturated rings. The number of aryl methyl sites for hydroxylation is 5. The topological polar surface area (TPSA) is 33.1 Å². The van der Waals surface area contributed by atoms with Crippen molar-refractivity contribution in [2.75, 3.05) is 0 Å². The van der Waals surface area contributed by atoms with Gasteiger partial charge in [0.2, 0.25) is 0 Å². The molecule has 0 bridgehead atoms. The summed E-state index contributed by atoms with van der Waals surface area (Å²) < 4.78 is 0. The standard InChI is InChI=1S/C17H21NO/c1-10-8-12(3)16(9-11(10)2)17(19)15-7-6-13(4)18-14(15)5/h6-9,17,19H,1-5H3. The van der Waals surface area contributed by atoms with Crippen molar-refractivity contribution in [2.45, 2.75) is 40.7 Å². The molecule has 1 unspecified atom stereocenters. The Morgan fingerprint density at radius 3 is 2.11 bits per heavy atom. The van der Waals surface area contributed by atoms with Crippen LogP contribution in [0.4, 0.5) is 0 Å². The van der Waals surface area contributed by atoms with E-state index in [1.807, 2.05) is 32.9 Å². The smallest absolute Gasteiger partial charge is 0.106 e. The highest BCUT2D eigenvalue weighted by Gasteiger charge is 2.16. The Hall–Kier alpha value is -1.67. The maximum Gasteiger partial charge on any atom is 0.106 e. The van der Waals surface area contributed by atoms with Gasteiger partial charge in [-0.15, -0.1) is 0 Å². The molecule has 0 amide bonds. The van der Waals surface area contributed by atoms with Crippen molar-refractivity contribution in [3.63, 3.8) is 0 Å². The minimum Gasteiger partial charge on any atom is -0.384 e. The van der Waals surface area contributed by atoms with Crippen LogP contribution in [0.3, 0.4) is 0 Å². The third-order valence-electron chi connectivity index (χ3n) is 3.74. The average molecular weight is 255 g/mol. The molecule has 2 nitrogen and oxygen atoms in total. The van der Waals surface area contributed by atoms with E-state index in [4.69, 9.17) is 0 Å². The van der Waals surface area contributed by atoms with Gasteiger partial charge < -0.3 is 5.11 Å². The molecule has 100 valence electrons. The van der Waals surface area contributed by atoms with E-state index < -0.39 is 6.10 Å². The largest absolute Gasteiger partial charge is 0.384 e. The van der Waals surface area contributed by atoms with Crippen LogP contribution in [0, 0.1) is 34.6 Å².